The van der Waals surface area contributed by atoms with E-state index in [0.717, 1.165) is 11.1 Å². The van der Waals surface area contributed by atoms with Crippen molar-refractivity contribution in [1.29, 1.82) is 0 Å². The fourth-order valence-corrected chi connectivity index (χ4v) is 3.87. The molecule has 4 rings (SSSR count). The number of aliphatic hydroxyl groups excluding tert-OH is 1. The van der Waals surface area contributed by atoms with Gasteiger partial charge < -0.3 is 30.0 Å². The number of nitro groups is 1. The summed E-state index contributed by atoms with van der Waals surface area (Å²) in [7, 11) is 2.89. The molecule has 3 N–H and O–H groups in total. The first-order valence-electron chi connectivity index (χ1n) is 10.3. The molecule has 0 unspecified atom stereocenters. The Morgan fingerprint density at radius 3 is 2.45 bits per heavy atom. The maximum atomic E-state index is 12.9. The maximum Gasteiger partial charge on any atom is 0.310 e. The molecule has 0 atom stereocenters. The molecule has 2 aliphatic rings. The number of rotatable bonds is 7. The summed E-state index contributed by atoms with van der Waals surface area (Å²) in [6.45, 7) is -0.0496. The Balaban J connectivity index is 1.72. The van der Waals surface area contributed by atoms with Crippen molar-refractivity contribution in [3.05, 3.63) is 63.4 Å². The van der Waals surface area contributed by atoms with E-state index < -0.39 is 4.92 Å². The van der Waals surface area contributed by atoms with E-state index in [0.29, 0.717) is 47.0 Å². The molecule has 0 bridgehead atoms. The van der Waals surface area contributed by atoms with E-state index in [9.17, 15) is 14.9 Å². The number of aliphatic hydroxyl groups is 1. The van der Waals surface area contributed by atoms with Crippen LogP contribution in [0.2, 0.25) is 0 Å². The highest BCUT2D eigenvalue weighted by molar-refractivity contribution is 6.09. The minimum Gasteiger partial charge on any atom is -0.493 e. The molecule has 1 amide bonds. The van der Waals surface area contributed by atoms with E-state index >= 15 is 0 Å². The summed E-state index contributed by atoms with van der Waals surface area (Å²) in [6.07, 6.45) is 2.93. The van der Waals surface area contributed by atoms with Gasteiger partial charge in [-0.3, -0.25) is 14.9 Å². The summed E-state index contributed by atoms with van der Waals surface area (Å²) >= 11 is 0. The number of carbonyl (C=O) groups is 1. The second kappa shape index (κ2) is 9.21. The Labute approximate surface area is 189 Å². The monoisotopic (exact) mass is 453 g/mol. The summed E-state index contributed by atoms with van der Waals surface area (Å²) in [5.41, 5.74) is 3.95. The van der Waals surface area contributed by atoms with E-state index in [2.05, 4.69) is 10.6 Å². The smallest absolute Gasteiger partial charge is 0.310 e. The lowest BCUT2D eigenvalue weighted by Crippen LogP contribution is -2.16. The van der Waals surface area contributed by atoms with Gasteiger partial charge in [0.25, 0.3) is 5.91 Å². The number of hydrogen-bond donors (Lipinski definition) is 3. The predicted molar refractivity (Wildman–Crippen MR) is 122 cm³/mol. The van der Waals surface area contributed by atoms with Gasteiger partial charge in [0.15, 0.2) is 17.2 Å². The molecule has 0 saturated carbocycles. The van der Waals surface area contributed by atoms with E-state index in [1.807, 2.05) is 6.08 Å². The fraction of sp³-hybridized carbons (Fsp3) is 0.261. The van der Waals surface area contributed by atoms with Gasteiger partial charge in [-0.2, -0.15) is 0 Å². The first-order chi connectivity index (χ1) is 15.9. The standard InChI is InChI=1S/C23H23N3O7/c1-31-20-10-14(4-6-19(20)26(29)30)13-3-5-15-16(9-13)24-17-12-22(33-8-7-27)21(32-2)11-18(17)25-23(15)28/h4,6,9-12,24,27H,3,5,7-8H2,1-2H3,(H,25,28). The van der Waals surface area contributed by atoms with Crippen molar-refractivity contribution in [3.63, 3.8) is 0 Å². The van der Waals surface area contributed by atoms with Crippen molar-refractivity contribution in [2.24, 2.45) is 0 Å². The van der Waals surface area contributed by atoms with Crippen LogP contribution in [0.3, 0.4) is 0 Å². The number of ether oxygens (including phenoxy) is 3. The number of benzene rings is 2. The molecule has 172 valence electrons. The molecular formula is C23H23N3O7. The Morgan fingerprint density at radius 2 is 1.76 bits per heavy atom. The molecule has 0 saturated heterocycles. The zero-order valence-electron chi connectivity index (χ0n) is 18.1. The van der Waals surface area contributed by atoms with E-state index in [1.165, 1.54) is 20.3 Å². The van der Waals surface area contributed by atoms with Crippen molar-refractivity contribution in [2.45, 2.75) is 12.8 Å². The van der Waals surface area contributed by atoms with Gasteiger partial charge in [-0.15, -0.1) is 0 Å². The average molecular weight is 453 g/mol. The molecule has 10 heteroatoms. The van der Waals surface area contributed by atoms with Gasteiger partial charge in [0.2, 0.25) is 0 Å². The molecule has 1 aliphatic heterocycles. The van der Waals surface area contributed by atoms with Crippen LogP contribution in [0, 0.1) is 10.1 Å². The van der Waals surface area contributed by atoms with Gasteiger partial charge in [-0.25, -0.2) is 0 Å². The van der Waals surface area contributed by atoms with E-state index in [1.54, 1.807) is 24.3 Å². The van der Waals surface area contributed by atoms with Gasteiger partial charge in [-0.05, 0) is 42.2 Å². The summed E-state index contributed by atoms with van der Waals surface area (Å²) in [5.74, 6) is 0.807. The third kappa shape index (κ3) is 4.33. The lowest BCUT2D eigenvalue weighted by atomic mass is 9.90. The van der Waals surface area contributed by atoms with Gasteiger partial charge in [-0.1, -0.05) is 0 Å². The Kier molecular flexibility index (Phi) is 6.18. The number of allylic oxidation sites excluding steroid dienone is 2. The number of nitro benzene ring substituents is 1. The number of fused-ring (bicyclic) bond motifs is 1. The summed E-state index contributed by atoms with van der Waals surface area (Å²) in [6, 6.07) is 8.09. The topological polar surface area (TPSA) is 132 Å². The van der Waals surface area contributed by atoms with Gasteiger partial charge in [0, 0.05) is 29.5 Å². The van der Waals surface area contributed by atoms with Crippen molar-refractivity contribution in [1.82, 2.24) is 0 Å². The van der Waals surface area contributed by atoms with Crippen LogP contribution in [0.15, 0.2) is 47.7 Å². The molecular weight excluding hydrogens is 430 g/mol. The van der Waals surface area contributed by atoms with Gasteiger partial charge >= 0.3 is 5.69 Å². The molecule has 10 nitrogen and oxygen atoms in total. The second-order valence-electron chi connectivity index (χ2n) is 7.41. The highest BCUT2D eigenvalue weighted by Crippen LogP contribution is 2.42. The summed E-state index contributed by atoms with van der Waals surface area (Å²) < 4.78 is 16.1. The summed E-state index contributed by atoms with van der Waals surface area (Å²) in [5, 5.41) is 26.5. The average Bonchev–Trinajstić information content (AvgIpc) is 2.96. The Hall–Kier alpha value is -4.05. The SMILES string of the molecule is COc1cc2c(cc1OCCO)NC1=C(CCC(c3ccc([N+](=O)[O-])c(OC)c3)=C1)C(=O)N2. The molecule has 2 aromatic rings. The molecule has 33 heavy (non-hydrogen) atoms. The third-order valence-electron chi connectivity index (χ3n) is 5.48. The highest BCUT2D eigenvalue weighted by atomic mass is 16.6. The van der Waals surface area contributed by atoms with Crippen LogP contribution in [0.1, 0.15) is 18.4 Å². The number of methoxy groups -OCH3 is 2. The van der Waals surface area contributed by atoms with Crippen LogP contribution < -0.4 is 24.8 Å². The quantitative estimate of drug-likeness (QED) is 0.429. The van der Waals surface area contributed by atoms with Crippen molar-refractivity contribution in [3.8, 4) is 17.2 Å². The van der Waals surface area contributed by atoms with Crippen LogP contribution >= 0.6 is 0 Å². The molecule has 2 aromatic carbocycles. The fourth-order valence-electron chi connectivity index (χ4n) is 3.87. The normalized spacial score (nSPS) is 14.8. The minimum atomic E-state index is -0.489. The number of nitrogens with one attached hydrogen (secondary N) is 2. The molecule has 0 fully saturated rings. The minimum absolute atomic E-state index is 0.0987. The molecule has 0 spiro atoms. The first kappa shape index (κ1) is 22.2. The zero-order chi connectivity index (χ0) is 23.5. The van der Waals surface area contributed by atoms with Crippen LogP contribution in [-0.2, 0) is 4.79 Å². The van der Waals surface area contributed by atoms with Crippen LogP contribution in [0.4, 0.5) is 17.1 Å². The van der Waals surface area contributed by atoms with Crippen LogP contribution in [0.25, 0.3) is 5.57 Å². The number of hydrogen-bond acceptors (Lipinski definition) is 8. The Bertz CT molecular complexity index is 1190. The highest BCUT2D eigenvalue weighted by Gasteiger charge is 2.27. The predicted octanol–water partition coefficient (Wildman–Crippen LogP) is 3.48. The van der Waals surface area contributed by atoms with E-state index in [4.69, 9.17) is 19.3 Å². The lowest BCUT2D eigenvalue weighted by Gasteiger charge is -2.19. The lowest BCUT2D eigenvalue weighted by molar-refractivity contribution is -0.385. The first-order valence-corrected chi connectivity index (χ1v) is 10.3. The molecule has 0 radical (unpaired) electrons. The van der Waals surface area contributed by atoms with Crippen molar-refractivity contribution < 1.29 is 29.0 Å². The maximum absolute atomic E-state index is 12.9. The molecule has 1 aliphatic carbocycles. The van der Waals surface area contributed by atoms with Crippen LogP contribution in [-0.4, -0.2) is 43.4 Å². The van der Waals surface area contributed by atoms with Crippen molar-refractivity contribution >= 4 is 28.5 Å². The summed E-state index contributed by atoms with van der Waals surface area (Å²) in [4.78, 5) is 23.6. The number of nitrogens with zero attached hydrogens (tertiary/aromatic N) is 1. The number of anilines is 2. The molecule has 1 heterocycles. The van der Waals surface area contributed by atoms with E-state index in [-0.39, 0.29) is 30.6 Å². The van der Waals surface area contributed by atoms with Gasteiger partial charge in [0.05, 0.1) is 37.1 Å². The van der Waals surface area contributed by atoms with Crippen molar-refractivity contribution in [2.75, 3.05) is 38.1 Å². The van der Waals surface area contributed by atoms with Crippen LogP contribution in [0.5, 0.6) is 17.2 Å². The zero-order valence-corrected chi connectivity index (χ0v) is 18.1. The Morgan fingerprint density at radius 1 is 1.03 bits per heavy atom. The number of amides is 1. The number of carbonyl (C=O) groups excluding carboxylic acids is 1. The third-order valence-corrected chi connectivity index (χ3v) is 5.48. The second-order valence-corrected chi connectivity index (χ2v) is 7.41. The molecule has 0 aromatic heterocycles. The van der Waals surface area contributed by atoms with Gasteiger partial charge in [0.1, 0.15) is 6.61 Å². The largest absolute Gasteiger partial charge is 0.493 e.